The van der Waals surface area contributed by atoms with Crippen molar-refractivity contribution in [3.63, 3.8) is 0 Å². The lowest BCUT2D eigenvalue weighted by atomic mass is 9.57. The molecule has 36 heavy (non-hydrogen) atoms. The van der Waals surface area contributed by atoms with Crippen molar-refractivity contribution in [2.75, 3.05) is 33.8 Å². The number of H-pyrrole nitrogens is 1. The molecule has 0 amide bonds. The number of Topliss-reactive ketones (excluding diaryl/α,β-unsaturated/α-hetero) is 1. The van der Waals surface area contributed by atoms with Crippen molar-refractivity contribution in [2.24, 2.45) is 11.3 Å². The molecule has 0 spiro atoms. The largest absolute Gasteiger partial charge is 0.377 e. The molecule has 0 bridgehead atoms. The minimum absolute atomic E-state index is 0.162. The highest BCUT2D eigenvalue weighted by molar-refractivity contribution is 5.80. The number of nitrogens with zero attached hydrogens (tertiary/aromatic N) is 2. The van der Waals surface area contributed by atoms with E-state index in [2.05, 4.69) is 9.97 Å². The molecule has 1 aromatic heterocycles. The van der Waals surface area contributed by atoms with Gasteiger partial charge in [-0.3, -0.25) is 4.79 Å². The summed E-state index contributed by atoms with van der Waals surface area (Å²) >= 11 is 0. The second-order valence-electron chi connectivity index (χ2n) is 9.64. The maximum absolute atomic E-state index is 14.4. The summed E-state index contributed by atoms with van der Waals surface area (Å²) in [6.45, 7) is -0.208. The van der Waals surface area contributed by atoms with Crippen LogP contribution in [0.15, 0.2) is 42.5 Å². The molecule has 3 aromatic rings. The highest BCUT2D eigenvalue weighted by Crippen LogP contribution is 2.53. The molecule has 0 saturated carbocycles. The Hall–Kier alpha value is -2.57. The number of carbonyl (C=O) groups is 1. The Morgan fingerprint density at radius 1 is 1.36 bits per heavy atom. The van der Waals surface area contributed by atoms with E-state index < -0.39 is 73.7 Å². The van der Waals surface area contributed by atoms with Gasteiger partial charge in [-0.25, -0.2) is 9.37 Å². The maximum Gasteiger partial charge on any atom is 0.159 e. The van der Waals surface area contributed by atoms with Crippen molar-refractivity contribution in [1.82, 2.24) is 14.9 Å². The van der Waals surface area contributed by atoms with Crippen molar-refractivity contribution in [3.8, 4) is 0 Å². The van der Waals surface area contributed by atoms with E-state index in [0.717, 1.165) is 17.0 Å². The number of benzene rings is 2. The van der Waals surface area contributed by atoms with Crippen LogP contribution in [0.25, 0.3) is 11.0 Å². The van der Waals surface area contributed by atoms with Gasteiger partial charge in [0.05, 0.1) is 11.0 Å². The highest BCUT2D eigenvalue weighted by Gasteiger charge is 2.45. The van der Waals surface area contributed by atoms with Crippen molar-refractivity contribution in [1.29, 1.82) is 0 Å². The number of imidazole rings is 1. The van der Waals surface area contributed by atoms with Crippen LogP contribution >= 0.6 is 0 Å². The standard InChI is InChI=1S/C30H40FN3O2/c1-21(2)29-25-12-11-23(31)18-22(25)13-14-30(29,19-24(35)20-36-4)15-17-34(3)16-7-10-28-32-26-8-5-6-9-27(26)33-28/h5-6,8-9,11-12,18,21,29H,7,10,13-17,19-20H2,1-4H3,(H,32,33)/t29-,30+/m0/s1/i7D2,10D2,13D2,14D2,16D2. The van der Waals surface area contributed by atoms with Crippen LogP contribution in [-0.2, 0) is 22.3 Å². The van der Waals surface area contributed by atoms with Gasteiger partial charge in [0, 0.05) is 33.6 Å². The Bertz CT molecular complexity index is 1560. The van der Waals surface area contributed by atoms with Gasteiger partial charge >= 0.3 is 0 Å². The zero-order valence-corrected chi connectivity index (χ0v) is 21.1. The average Bonchev–Trinajstić information content (AvgIpc) is 3.40. The number of rotatable bonds is 12. The molecular weight excluding hydrogens is 453 g/mol. The van der Waals surface area contributed by atoms with Gasteiger partial charge in [-0.2, -0.15) is 0 Å². The second-order valence-corrected chi connectivity index (χ2v) is 9.64. The minimum atomic E-state index is -3.22. The number of methoxy groups -OCH3 is 1. The number of fused-ring (bicyclic) bond motifs is 2. The molecule has 0 fully saturated rings. The summed E-state index contributed by atoms with van der Waals surface area (Å²) in [4.78, 5) is 21.1. The van der Waals surface area contributed by atoms with Gasteiger partial charge in [0.25, 0.3) is 0 Å². The van der Waals surface area contributed by atoms with Crippen molar-refractivity contribution in [3.05, 3.63) is 65.2 Å². The molecule has 2 atom stereocenters. The second kappa shape index (κ2) is 11.7. The van der Waals surface area contributed by atoms with Crippen molar-refractivity contribution < 1.29 is 27.6 Å². The molecule has 2 aromatic carbocycles. The van der Waals surface area contributed by atoms with Crippen molar-refractivity contribution in [2.45, 2.75) is 58.1 Å². The number of para-hydroxylation sites is 2. The third kappa shape index (κ3) is 6.04. The normalized spacial score (nSPS) is 27.9. The lowest BCUT2D eigenvalue weighted by molar-refractivity contribution is -0.126. The van der Waals surface area contributed by atoms with E-state index in [1.807, 2.05) is 0 Å². The van der Waals surface area contributed by atoms with Gasteiger partial charge < -0.3 is 14.6 Å². The zero-order valence-electron chi connectivity index (χ0n) is 31.1. The summed E-state index contributed by atoms with van der Waals surface area (Å²) in [5.74, 6) is -2.88. The molecule has 1 aliphatic carbocycles. The van der Waals surface area contributed by atoms with Crippen LogP contribution < -0.4 is 0 Å². The van der Waals surface area contributed by atoms with Gasteiger partial charge in [0.1, 0.15) is 18.2 Å². The van der Waals surface area contributed by atoms with Gasteiger partial charge in [-0.15, -0.1) is 0 Å². The average molecular weight is 504 g/mol. The van der Waals surface area contributed by atoms with Crippen LogP contribution in [0.1, 0.15) is 76.0 Å². The number of nitrogens with one attached hydrogen (secondary N) is 1. The number of ketones is 1. The number of aromatic nitrogens is 2. The number of hydrogen-bond donors (Lipinski definition) is 1. The van der Waals surface area contributed by atoms with E-state index in [-0.39, 0.29) is 24.5 Å². The fourth-order valence-corrected chi connectivity index (χ4v) is 5.11. The number of aromatic amines is 1. The number of halogens is 1. The third-order valence-electron chi connectivity index (χ3n) is 6.59. The van der Waals surface area contributed by atoms with Gasteiger partial charge in [-0.1, -0.05) is 32.0 Å². The van der Waals surface area contributed by atoms with Crippen LogP contribution in [-0.4, -0.2) is 54.5 Å². The van der Waals surface area contributed by atoms with Crippen LogP contribution in [0.4, 0.5) is 4.39 Å². The predicted octanol–water partition coefficient (Wildman–Crippen LogP) is 5.93. The summed E-state index contributed by atoms with van der Waals surface area (Å²) in [5.41, 5.74) is -0.821. The maximum atomic E-state index is 14.4. The minimum Gasteiger partial charge on any atom is -0.377 e. The molecule has 6 heteroatoms. The Morgan fingerprint density at radius 3 is 2.92 bits per heavy atom. The quantitative estimate of drug-likeness (QED) is 0.333. The third-order valence-corrected chi connectivity index (χ3v) is 6.59. The number of hydrogen-bond acceptors (Lipinski definition) is 4. The molecule has 1 N–H and O–H groups in total. The summed E-state index contributed by atoms with van der Waals surface area (Å²) < 4.78 is 109. The van der Waals surface area contributed by atoms with E-state index in [0.29, 0.717) is 16.6 Å². The first-order valence-electron chi connectivity index (χ1n) is 17.1. The lowest BCUT2D eigenvalue weighted by Gasteiger charge is -2.48. The first-order chi connectivity index (χ1) is 21.1. The molecule has 5 nitrogen and oxygen atoms in total. The Kier molecular flexibility index (Phi) is 5.28. The number of carbonyl (C=O) groups excluding carboxylic acids is 1. The van der Waals surface area contributed by atoms with E-state index in [4.69, 9.17) is 15.7 Å². The first-order valence-corrected chi connectivity index (χ1v) is 12.1. The summed E-state index contributed by atoms with van der Waals surface area (Å²) in [6, 6.07) is 10.2. The molecule has 1 aliphatic rings. The molecule has 194 valence electrons. The monoisotopic (exact) mass is 503 g/mol. The summed E-state index contributed by atoms with van der Waals surface area (Å²) in [6.07, 6.45) is -12.6. The predicted molar refractivity (Wildman–Crippen MR) is 143 cm³/mol. The fraction of sp³-hybridized carbons (Fsp3) is 0.533. The van der Waals surface area contributed by atoms with Crippen LogP contribution in [0.2, 0.25) is 0 Å². The highest BCUT2D eigenvalue weighted by atomic mass is 19.1. The summed E-state index contributed by atoms with van der Waals surface area (Å²) in [5, 5.41) is 0. The van der Waals surface area contributed by atoms with Crippen LogP contribution in [0, 0.1) is 17.2 Å². The Labute approximate surface area is 228 Å². The van der Waals surface area contributed by atoms with Crippen molar-refractivity contribution >= 4 is 16.8 Å². The number of aryl methyl sites for hydroxylation is 2. The van der Waals surface area contributed by atoms with Gasteiger partial charge in [0.2, 0.25) is 0 Å². The van der Waals surface area contributed by atoms with Crippen LogP contribution in [0.3, 0.4) is 0 Å². The number of ether oxygens (including phenoxy) is 1. The SMILES string of the molecule is [2H]C([2H])(c1nc2ccccc2[nH]1)C([2H])([2H])C([2H])([2H])N(C)CC[C@]1(CC(=O)COC)[C@@H](C(C)C)c2ccc(F)cc2C([2H])([2H])C1([2H])[2H]. The Morgan fingerprint density at radius 2 is 2.17 bits per heavy atom. The molecule has 4 rings (SSSR count). The molecule has 0 radical (unpaired) electrons. The molecule has 0 unspecified atom stereocenters. The zero-order chi connectivity index (χ0) is 34.7. The lowest BCUT2D eigenvalue weighted by Crippen LogP contribution is -2.41. The molecule has 0 saturated heterocycles. The van der Waals surface area contributed by atoms with Gasteiger partial charge in [-0.05, 0) is 98.3 Å². The fourth-order valence-electron chi connectivity index (χ4n) is 5.11. The smallest absolute Gasteiger partial charge is 0.159 e. The summed E-state index contributed by atoms with van der Waals surface area (Å²) in [7, 11) is 2.54. The van der Waals surface area contributed by atoms with E-state index >= 15 is 0 Å². The molecule has 0 aliphatic heterocycles. The van der Waals surface area contributed by atoms with Gasteiger partial charge in [0.15, 0.2) is 5.78 Å². The van der Waals surface area contributed by atoms with E-state index in [1.54, 1.807) is 38.1 Å². The van der Waals surface area contributed by atoms with E-state index in [1.165, 1.54) is 20.2 Å². The van der Waals surface area contributed by atoms with Crippen LogP contribution in [0.5, 0.6) is 0 Å². The Balaban J connectivity index is 1.79. The topological polar surface area (TPSA) is 58.2 Å². The molecule has 1 heterocycles. The molecular formula is C30H40FN3O2. The first kappa shape index (κ1) is 16.3. The van der Waals surface area contributed by atoms with E-state index in [9.17, 15) is 11.9 Å².